The van der Waals surface area contributed by atoms with Crippen molar-refractivity contribution in [2.45, 2.75) is 0 Å². The molecule has 0 spiro atoms. The van der Waals surface area contributed by atoms with E-state index in [1.165, 1.54) is 21.5 Å². The normalized spacial score (nSPS) is 11.8. The zero-order valence-electron chi connectivity index (χ0n) is 22.5. The van der Waals surface area contributed by atoms with E-state index < -0.39 is 0 Å². The van der Waals surface area contributed by atoms with Gasteiger partial charge in [0.15, 0.2) is 5.82 Å². The average molecular weight is 538 g/mol. The minimum absolute atomic E-state index is 0.525. The second-order valence-electron chi connectivity index (χ2n) is 10.7. The molecule has 4 heteroatoms. The second-order valence-corrected chi connectivity index (χ2v) is 10.7. The highest BCUT2D eigenvalue weighted by atomic mass is 16.3. The van der Waals surface area contributed by atoms with Gasteiger partial charge in [0, 0.05) is 21.7 Å². The van der Waals surface area contributed by atoms with Crippen LogP contribution >= 0.6 is 0 Å². The van der Waals surface area contributed by atoms with Crippen LogP contribution < -0.4 is 0 Å². The average Bonchev–Trinajstić information content (AvgIpc) is 3.58. The molecule has 0 aliphatic heterocycles. The SMILES string of the molecule is c1ccc(-c2ccc3c(c2)oc2nc(-n4c5ccccc5c5cc6ccccc6cc54)c(-c4ccccc4)nc23)cc1. The summed E-state index contributed by atoms with van der Waals surface area (Å²) in [6.07, 6.45) is 0. The van der Waals surface area contributed by atoms with Crippen molar-refractivity contribution in [2.24, 2.45) is 0 Å². The van der Waals surface area contributed by atoms with Crippen molar-refractivity contribution in [1.29, 1.82) is 0 Å². The highest BCUT2D eigenvalue weighted by molar-refractivity contribution is 6.14. The summed E-state index contributed by atoms with van der Waals surface area (Å²) in [5, 5.41) is 5.71. The molecule has 42 heavy (non-hydrogen) atoms. The van der Waals surface area contributed by atoms with Crippen molar-refractivity contribution in [3.63, 3.8) is 0 Å². The predicted molar refractivity (Wildman–Crippen MR) is 172 cm³/mol. The van der Waals surface area contributed by atoms with Gasteiger partial charge in [0.1, 0.15) is 16.8 Å². The lowest BCUT2D eigenvalue weighted by Gasteiger charge is -2.12. The van der Waals surface area contributed by atoms with Gasteiger partial charge in [-0.25, -0.2) is 4.98 Å². The number of hydrogen-bond acceptors (Lipinski definition) is 3. The summed E-state index contributed by atoms with van der Waals surface area (Å²) in [7, 11) is 0. The summed E-state index contributed by atoms with van der Waals surface area (Å²) in [6.45, 7) is 0. The molecule has 196 valence electrons. The molecule has 0 fully saturated rings. The third-order valence-corrected chi connectivity index (χ3v) is 8.20. The molecular formula is C38H23N3O. The third kappa shape index (κ3) is 3.42. The Morgan fingerprint density at radius 2 is 1.17 bits per heavy atom. The van der Waals surface area contributed by atoms with Gasteiger partial charge in [0.05, 0.1) is 11.0 Å². The topological polar surface area (TPSA) is 43.9 Å². The van der Waals surface area contributed by atoms with Crippen LogP contribution in [0.1, 0.15) is 0 Å². The van der Waals surface area contributed by atoms with E-state index in [-0.39, 0.29) is 0 Å². The number of furan rings is 1. The first kappa shape index (κ1) is 23.0. The van der Waals surface area contributed by atoms with Gasteiger partial charge in [-0.2, -0.15) is 4.98 Å². The Bertz CT molecular complexity index is 2460. The molecule has 3 aromatic heterocycles. The first-order valence-corrected chi connectivity index (χ1v) is 14.1. The Morgan fingerprint density at radius 3 is 1.98 bits per heavy atom. The number of benzene rings is 6. The fraction of sp³-hybridized carbons (Fsp3) is 0. The fourth-order valence-electron chi connectivity index (χ4n) is 6.20. The van der Waals surface area contributed by atoms with Crippen molar-refractivity contribution >= 4 is 54.8 Å². The molecule has 0 saturated carbocycles. The zero-order valence-corrected chi connectivity index (χ0v) is 22.5. The molecule has 0 N–H and O–H groups in total. The fourth-order valence-corrected chi connectivity index (χ4v) is 6.20. The summed E-state index contributed by atoms with van der Waals surface area (Å²) in [5.74, 6) is 0.748. The largest absolute Gasteiger partial charge is 0.436 e. The van der Waals surface area contributed by atoms with E-state index in [1.54, 1.807) is 0 Å². The van der Waals surface area contributed by atoms with Crippen LogP contribution in [0.15, 0.2) is 144 Å². The number of hydrogen-bond donors (Lipinski definition) is 0. The summed E-state index contributed by atoms with van der Waals surface area (Å²) < 4.78 is 8.70. The predicted octanol–water partition coefficient (Wildman–Crippen LogP) is 9.96. The van der Waals surface area contributed by atoms with E-state index in [4.69, 9.17) is 14.4 Å². The van der Waals surface area contributed by atoms with Gasteiger partial charge in [0.25, 0.3) is 0 Å². The highest BCUT2D eigenvalue weighted by Gasteiger charge is 2.22. The van der Waals surface area contributed by atoms with Crippen molar-refractivity contribution in [1.82, 2.24) is 14.5 Å². The van der Waals surface area contributed by atoms with E-state index in [9.17, 15) is 0 Å². The molecule has 4 nitrogen and oxygen atoms in total. The minimum Gasteiger partial charge on any atom is -0.436 e. The van der Waals surface area contributed by atoms with Crippen LogP contribution in [0.4, 0.5) is 0 Å². The van der Waals surface area contributed by atoms with E-state index >= 15 is 0 Å². The van der Waals surface area contributed by atoms with Gasteiger partial charge in [-0.1, -0.05) is 109 Å². The molecular weight excluding hydrogens is 514 g/mol. The third-order valence-electron chi connectivity index (χ3n) is 8.20. The molecule has 0 aliphatic rings. The monoisotopic (exact) mass is 537 g/mol. The Labute approximate surface area is 241 Å². The lowest BCUT2D eigenvalue weighted by molar-refractivity contribution is 0.652. The van der Waals surface area contributed by atoms with Crippen molar-refractivity contribution in [2.75, 3.05) is 0 Å². The van der Waals surface area contributed by atoms with Crippen LogP contribution in [0.25, 0.3) is 83.0 Å². The van der Waals surface area contributed by atoms with E-state index in [1.807, 2.05) is 24.3 Å². The van der Waals surface area contributed by atoms with Crippen molar-refractivity contribution in [3.05, 3.63) is 140 Å². The maximum atomic E-state index is 6.45. The molecule has 6 aromatic carbocycles. The van der Waals surface area contributed by atoms with Gasteiger partial charge >= 0.3 is 0 Å². The lowest BCUT2D eigenvalue weighted by Crippen LogP contribution is -2.03. The van der Waals surface area contributed by atoms with Gasteiger partial charge < -0.3 is 4.42 Å². The standard InChI is InChI=1S/C38H23N3O/c1-3-11-24(12-4-1)28-19-20-30-34(23-28)42-38-36(30)39-35(25-13-5-2-6-14-25)37(40-38)41-32-18-10-9-17-29(32)31-21-26-15-7-8-16-27(26)22-33(31)41/h1-23H. The van der Waals surface area contributed by atoms with Crippen molar-refractivity contribution < 1.29 is 4.42 Å². The summed E-state index contributed by atoms with van der Waals surface area (Å²) in [6, 6.07) is 48.5. The van der Waals surface area contributed by atoms with Gasteiger partial charge in [-0.15, -0.1) is 0 Å². The summed E-state index contributed by atoms with van der Waals surface area (Å²) >= 11 is 0. The Morgan fingerprint density at radius 1 is 0.476 bits per heavy atom. The van der Waals surface area contributed by atoms with E-state index in [0.717, 1.165) is 55.7 Å². The van der Waals surface area contributed by atoms with E-state index in [0.29, 0.717) is 5.71 Å². The number of rotatable bonds is 3. The summed E-state index contributed by atoms with van der Waals surface area (Å²) in [4.78, 5) is 10.5. The molecule has 9 aromatic rings. The first-order chi connectivity index (χ1) is 20.8. The quantitative estimate of drug-likeness (QED) is 0.225. The number of aromatic nitrogens is 3. The molecule has 0 amide bonds. The van der Waals surface area contributed by atoms with Crippen LogP contribution in [-0.4, -0.2) is 14.5 Å². The maximum absolute atomic E-state index is 6.45. The van der Waals surface area contributed by atoms with Gasteiger partial charge in [-0.05, 0) is 52.2 Å². The van der Waals surface area contributed by atoms with Crippen LogP contribution in [0.5, 0.6) is 0 Å². The second kappa shape index (κ2) is 8.88. The van der Waals surface area contributed by atoms with E-state index in [2.05, 4.69) is 120 Å². The zero-order chi connectivity index (χ0) is 27.6. The number of fused-ring (bicyclic) bond motifs is 7. The maximum Gasteiger partial charge on any atom is 0.248 e. The van der Waals surface area contributed by atoms with Crippen molar-refractivity contribution in [3.8, 4) is 28.2 Å². The molecule has 0 aliphatic carbocycles. The minimum atomic E-state index is 0.525. The van der Waals surface area contributed by atoms with Crippen LogP contribution in [0, 0.1) is 0 Å². The van der Waals surface area contributed by atoms with Crippen LogP contribution in [0.3, 0.4) is 0 Å². The highest BCUT2D eigenvalue weighted by Crippen LogP contribution is 2.39. The Hall–Kier alpha value is -5.74. The lowest BCUT2D eigenvalue weighted by atomic mass is 10.0. The van der Waals surface area contributed by atoms with Crippen LogP contribution in [0.2, 0.25) is 0 Å². The van der Waals surface area contributed by atoms with Gasteiger partial charge in [0.2, 0.25) is 5.71 Å². The Kier molecular flexibility index (Phi) is 4.87. The molecule has 0 atom stereocenters. The molecule has 0 saturated heterocycles. The Balaban J connectivity index is 1.39. The first-order valence-electron chi connectivity index (χ1n) is 14.1. The number of para-hydroxylation sites is 1. The molecule has 0 radical (unpaired) electrons. The molecule has 9 rings (SSSR count). The number of nitrogens with zero attached hydrogens (tertiary/aromatic N) is 3. The smallest absolute Gasteiger partial charge is 0.248 e. The summed E-state index contributed by atoms with van der Waals surface area (Å²) in [5.41, 5.74) is 8.28. The molecule has 0 bridgehead atoms. The molecule has 0 unspecified atom stereocenters. The van der Waals surface area contributed by atoms with Crippen LogP contribution in [-0.2, 0) is 0 Å². The molecule has 3 heterocycles. The van der Waals surface area contributed by atoms with Gasteiger partial charge in [-0.3, -0.25) is 4.57 Å².